The fourth-order valence-corrected chi connectivity index (χ4v) is 5.02. The van der Waals surface area contributed by atoms with Crippen molar-refractivity contribution in [2.75, 3.05) is 25.0 Å². The van der Waals surface area contributed by atoms with Crippen LogP contribution in [-0.4, -0.2) is 44.3 Å². The second kappa shape index (κ2) is 7.98. The highest BCUT2D eigenvalue weighted by molar-refractivity contribution is 7.89. The van der Waals surface area contributed by atoms with Crippen molar-refractivity contribution in [3.05, 3.63) is 23.8 Å². The van der Waals surface area contributed by atoms with Crippen LogP contribution in [0.15, 0.2) is 23.1 Å². The number of amides is 1. The van der Waals surface area contributed by atoms with Crippen molar-refractivity contribution >= 4 is 27.6 Å². The average molecular weight is 394 g/mol. The number of benzene rings is 1. The van der Waals surface area contributed by atoms with E-state index in [9.17, 15) is 18.0 Å². The number of anilines is 1. The lowest BCUT2D eigenvalue weighted by atomic mass is 10.2. The fraction of sp³-hybridized carbons (Fsp3) is 0.579. The molecule has 1 amide bonds. The normalized spacial score (nSPS) is 22.9. The second-order valence-corrected chi connectivity index (χ2v) is 9.35. The summed E-state index contributed by atoms with van der Waals surface area (Å²) in [7, 11) is -3.69. The molecule has 1 N–H and O–H groups in total. The zero-order chi connectivity index (χ0) is 19.6. The van der Waals surface area contributed by atoms with Crippen molar-refractivity contribution < 1.29 is 22.7 Å². The Morgan fingerprint density at radius 1 is 1.22 bits per heavy atom. The van der Waals surface area contributed by atoms with Gasteiger partial charge >= 0.3 is 5.97 Å². The third kappa shape index (κ3) is 4.68. The summed E-state index contributed by atoms with van der Waals surface area (Å²) < 4.78 is 32.6. The van der Waals surface area contributed by atoms with Crippen molar-refractivity contribution in [3.8, 4) is 0 Å². The minimum absolute atomic E-state index is 0.0832. The Morgan fingerprint density at radius 2 is 1.89 bits per heavy atom. The topological polar surface area (TPSA) is 92.8 Å². The summed E-state index contributed by atoms with van der Waals surface area (Å²) in [5.41, 5.74) is 1.00. The van der Waals surface area contributed by atoms with Gasteiger partial charge in [0.25, 0.3) is 5.91 Å². The number of aryl methyl sites for hydroxylation is 1. The molecule has 0 aromatic heterocycles. The van der Waals surface area contributed by atoms with E-state index in [2.05, 4.69) is 5.32 Å². The van der Waals surface area contributed by atoms with Crippen molar-refractivity contribution in [3.63, 3.8) is 0 Å². The van der Waals surface area contributed by atoms with E-state index in [1.807, 2.05) is 6.92 Å². The molecule has 0 bridgehead atoms. The third-order valence-electron chi connectivity index (χ3n) is 5.10. The van der Waals surface area contributed by atoms with Gasteiger partial charge in [-0.3, -0.25) is 9.59 Å². The van der Waals surface area contributed by atoms with E-state index >= 15 is 0 Å². The van der Waals surface area contributed by atoms with E-state index in [0.717, 1.165) is 31.2 Å². The maximum atomic E-state index is 13.0. The molecule has 1 saturated carbocycles. The number of hydrogen-bond donors (Lipinski definition) is 1. The van der Waals surface area contributed by atoms with E-state index in [1.54, 1.807) is 25.1 Å². The molecule has 27 heavy (non-hydrogen) atoms. The van der Waals surface area contributed by atoms with Gasteiger partial charge in [0, 0.05) is 13.1 Å². The van der Waals surface area contributed by atoms with Gasteiger partial charge in [-0.1, -0.05) is 19.4 Å². The lowest BCUT2D eigenvalue weighted by molar-refractivity contribution is -0.148. The molecule has 1 aromatic rings. The number of ether oxygens (including phenoxy) is 1. The second-order valence-electron chi connectivity index (χ2n) is 7.44. The van der Waals surface area contributed by atoms with Gasteiger partial charge < -0.3 is 10.1 Å². The SMILES string of the molecule is Cc1ccc(NC(=O)COC(=O)C2CC2C)c(S(=O)(=O)N2CCCCC2)c1. The summed E-state index contributed by atoms with van der Waals surface area (Å²) in [6.45, 7) is 4.32. The smallest absolute Gasteiger partial charge is 0.309 e. The number of esters is 1. The van der Waals surface area contributed by atoms with Crippen LogP contribution < -0.4 is 5.32 Å². The monoisotopic (exact) mass is 394 g/mol. The molecular weight excluding hydrogens is 368 g/mol. The Morgan fingerprint density at radius 3 is 2.52 bits per heavy atom. The minimum atomic E-state index is -3.69. The molecule has 148 valence electrons. The van der Waals surface area contributed by atoms with Crippen LogP contribution in [0.4, 0.5) is 5.69 Å². The molecule has 0 radical (unpaired) electrons. The Bertz CT molecular complexity index is 831. The molecule has 2 fully saturated rings. The zero-order valence-corrected chi connectivity index (χ0v) is 16.5. The van der Waals surface area contributed by atoms with Crippen molar-refractivity contribution in [1.29, 1.82) is 0 Å². The van der Waals surface area contributed by atoms with Crippen LogP contribution in [0.3, 0.4) is 0 Å². The molecule has 0 spiro atoms. The Hall–Kier alpha value is -1.93. The summed E-state index contributed by atoms with van der Waals surface area (Å²) in [6.07, 6.45) is 3.48. The molecule has 1 saturated heterocycles. The van der Waals surface area contributed by atoms with E-state index < -0.39 is 22.5 Å². The number of carbonyl (C=O) groups excluding carboxylic acids is 2. The summed E-state index contributed by atoms with van der Waals surface area (Å²) in [5, 5.41) is 2.59. The highest BCUT2D eigenvalue weighted by atomic mass is 32.2. The summed E-state index contributed by atoms with van der Waals surface area (Å²) >= 11 is 0. The number of piperidine rings is 1. The quantitative estimate of drug-likeness (QED) is 0.748. The van der Waals surface area contributed by atoms with Gasteiger partial charge in [-0.15, -0.1) is 0 Å². The first-order chi connectivity index (χ1) is 12.8. The first-order valence-electron chi connectivity index (χ1n) is 9.36. The molecule has 2 unspecified atom stereocenters. The molecule has 1 heterocycles. The van der Waals surface area contributed by atoms with Crippen molar-refractivity contribution in [2.24, 2.45) is 11.8 Å². The first kappa shape index (κ1) is 19.8. The summed E-state index contributed by atoms with van der Waals surface area (Å²) in [4.78, 5) is 24.0. The number of rotatable bonds is 6. The molecule has 1 aliphatic carbocycles. The molecule has 1 aliphatic heterocycles. The minimum Gasteiger partial charge on any atom is -0.455 e. The van der Waals surface area contributed by atoms with Gasteiger partial charge in [0.05, 0.1) is 11.6 Å². The highest BCUT2D eigenvalue weighted by Gasteiger charge is 2.40. The Kier molecular flexibility index (Phi) is 5.86. The van der Waals surface area contributed by atoms with Gasteiger partial charge in [-0.2, -0.15) is 4.31 Å². The van der Waals surface area contributed by atoms with Crippen LogP contribution in [-0.2, 0) is 24.3 Å². The largest absolute Gasteiger partial charge is 0.455 e. The number of carbonyl (C=O) groups is 2. The standard InChI is InChI=1S/C19H26N2O5S/c1-13-6-7-16(20-18(22)12-26-19(23)15-11-14(15)2)17(10-13)27(24,25)21-8-4-3-5-9-21/h6-7,10,14-15H,3-5,8-9,11-12H2,1-2H3,(H,20,22). The van der Waals surface area contributed by atoms with Crippen LogP contribution in [0.25, 0.3) is 0 Å². The van der Waals surface area contributed by atoms with Crippen LogP contribution in [0, 0.1) is 18.8 Å². The number of sulfonamides is 1. The van der Waals surface area contributed by atoms with E-state index in [-0.39, 0.29) is 22.5 Å². The first-order valence-corrected chi connectivity index (χ1v) is 10.8. The van der Waals surface area contributed by atoms with E-state index in [1.165, 1.54) is 4.31 Å². The van der Waals surface area contributed by atoms with Gasteiger partial charge in [0.2, 0.25) is 10.0 Å². The predicted molar refractivity (Wildman–Crippen MR) is 101 cm³/mol. The molecule has 7 nitrogen and oxygen atoms in total. The van der Waals surface area contributed by atoms with Crippen molar-refractivity contribution in [2.45, 2.75) is 44.4 Å². The molecule has 2 aliphatic rings. The van der Waals surface area contributed by atoms with Gasteiger partial charge in [-0.25, -0.2) is 8.42 Å². The number of nitrogens with zero attached hydrogens (tertiary/aromatic N) is 1. The lowest BCUT2D eigenvalue weighted by Gasteiger charge is -2.27. The van der Waals surface area contributed by atoms with Gasteiger partial charge in [0.15, 0.2) is 6.61 Å². The molecular formula is C19H26N2O5S. The average Bonchev–Trinajstić information content (AvgIpc) is 3.38. The van der Waals surface area contributed by atoms with Crippen LogP contribution in [0.2, 0.25) is 0 Å². The van der Waals surface area contributed by atoms with Gasteiger partial charge in [-0.05, 0) is 49.8 Å². The van der Waals surface area contributed by atoms with E-state index in [4.69, 9.17) is 4.74 Å². The van der Waals surface area contributed by atoms with E-state index in [0.29, 0.717) is 19.0 Å². The Labute approximate surface area is 160 Å². The fourth-order valence-electron chi connectivity index (χ4n) is 3.27. The Balaban J connectivity index is 1.71. The zero-order valence-electron chi connectivity index (χ0n) is 15.7. The van der Waals surface area contributed by atoms with Crippen LogP contribution >= 0.6 is 0 Å². The molecule has 1 aromatic carbocycles. The highest BCUT2D eigenvalue weighted by Crippen LogP contribution is 2.38. The summed E-state index contributed by atoms with van der Waals surface area (Å²) in [5.74, 6) is -0.732. The summed E-state index contributed by atoms with van der Waals surface area (Å²) in [6, 6.07) is 4.88. The predicted octanol–water partition coefficient (Wildman–Crippen LogP) is 2.31. The number of hydrogen-bond acceptors (Lipinski definition) is 5. The molecule has 8 heteroatoms. The van der Waals surface area contributed by atoms with Gasteiger partial charge in [0.1, 0.15) is 4.90 Å². The molecule has 2 atom stereocenters. The van der Waals surface area contributed by atoms with Crippen LogP contribution in [0.1, 0.15) is 38.2 Å². The number of nitrogens with one attached hydrogen (secondary N) is 1. The maximum Gasteiger partial charge on any atom is 0.309 e. The lowest BCUT2D eigenvalue weighted by Crippen LogP contribution is -2.36. The third-order valence-corrected chi connectivity index (χ3v) is 7.04. The van der Waals surface area contributed by atoms with Crippen molar-refractivity contribution in [1.82, 2.24) is 4.31 Å². The molecule has 3 rings (SSSR count). The maximum absolute atomic E-state index is 13.0. The van der Waals surface area contributed by atoms with Crippen LogP contribution in [0.5, 0.6) is 0 Å².